The van der Waals surface area contributed by atoms with Gasteiger partial charge in [-0.25, -0.2) is 4.98 Å². The van der Waals surface area contributed by atoms with Crippen molar-refractivity contribution in [3.63, 3.8) is 0 Å². The number of anilines is 1. The van der Waals surface area contributed by atoms with E-state index in [4.69, 9.17) is 0 Å². The molecule has 1 aromatic rings. The lowest BCUT2D eigenvalue weighted by molar-refractivity contribution is 0.231. The topological polar surface area (TPSA) is 19.4 Å². The van der Waals surface area contributed by atoms with Gasteiger partial charge in [0, 0.05) is 43.4 Å². The molecule has 0 atom stereocenters. The Morgan fingerprint density at radius 2 is 1.89 bits per heavy atom. The van der Waals surface area contributed by atoms with Crippen molar-refractivity contribution in [3.05, 3.63) is 21.2 Å². The van der Waals surface area contributed by atoms with E-state index in [0.717, 1.165) is 46.9 Å². The summed E-state index contributed by atoms with van der Waals surface area (Å²) in [6, 6.07) is 2.06. The highest BCUT2D eigenvalue weighted by Gasteiger charge is 2.20. The highest BCUT2D eigenvalue weighted by molar-refractivity contribution is 9.11. The first-order chi connectivity index (χ1) is 8.56. The van der Waals surface area contributed by atoms with Crippen LogP contribution in [0.1, 0.15) is 13.8 Å². The highest BCUT2D eigenvalue weighted by Crippen LogP contribution is 2.27. The number of pyridine rings is 1. The van der Waals surface area contributed by atoms with Crippen LogP contribution < -0.4 is 4.90 Å². The summed E-state index contributed by atoms with van der Waals surface area (Å²) >= 11 is 7.03. The summed E-state index contributed by atoms with van der Waals surface area (Å²) in [6.45, 7) is 10.1. The molecule has 0 amide bonds. The first kappa shape index (κ1) is 14.3. The van der Waals surface area contributed by atoms with E-state index in [1.165, 1.54) is 6.54 Å². The zero-order chi connectivity index (χ0) is 13.1. The van der Waals surface area contributed by atoms with Crippen LogP contribution in [0.3, 0.4) is 0 Å². The Bertz CT molecular complexity index is 401. The van der Waals surface area contributed by atoms with Gasteiger partial charge in [-0.05, 0) is 43.8 Å². The van der Waals surface area contributed by atoms with Crippen LogP contribution in [0, 0.1) is 5.92 Å². The first-order valence-corrected chi connectivity index (χ1v) is 7.93. The van der Waals surface area contributed by atoms with Crippen molar-refractivity contribution >= 4 is 37.7 Å². The van der Waals surface area contributed by atoms with Crippen LogP contribution >= 0.6 is 31.9 Å². The Labute approximate surface area is 126 Å². The van der Waals surface area contributed by atoms with Crippen molar-refractivity contribution < 1.29 is 0 Å². The van der Waals surface area contributed by atoms with Crippen molar-refractivity contribution in [2.75, 3.05) is 37.6 Å². The minimum atomic E-state index is 0.745. The van der Waals surface area contributed by atoms with E-state index in [9.17, 15) is 0 Å². The summed E-state index contributed by atoms with van der Waals surface area (Å²) in [5.41, 5.74) is 0. The maximum atomic E-state index is 4.50. The minimum Gasteiger partial charge on any atom is -0.353 e. The molecule has 1 aliphatic rings. The summed E-state index contributed by atoms with van der Waals surface area (Å²) < 4.78 is 2.07. The third-order valence-electron chi connectivity index (χ3n) is 3.08. The van der Waals surface area contributed by atoms with Crippen LogP contribution in [0.5, 0.6) is 0 Å². The third kappa shape index (κ3) is 3.68. The van der Waals surface area contributed by atoms with Crippen LogP contribution in [0.15, 0.2) is 21.2 Å². The molecular formula is C13H19Br2N3. The van der Waals surface area contributed by atoms with Crippen molar-refractivity contribution in [2.24, 2.45) is 5.92 Å². The summed E-state index contributed by atoms with van der Waals surface area (Å²) in [5, 5.41) is 0. The molecule has 1 aliphatic heterocycles. The van der Waals surface area contributed by atoms with Crippen LogP contribution in [0.4, 0.5) is 5.82 Å². The molecule has 1 aromatic heterocycles. The molecule has 0 unspecified atom stereocenters. The van der Waals surface area contributed by atoms with Crippen LogP contribution in [-0.2, 0) is 0 Å². The van der Waals surface area contributed by atoms with Crippen molar-refractivity contribution in [2.45, 2.75) is 13.8 Å². The van der Waals surface area contributed by atoms with Gasteiger partial charge in [0.05, 0.1) is 4.47 Å². The summed E-state index contributed by atoms with van der Waals surface area (Å²) in [4.78, 5) is 9.39. The molecule has 0 N–H and O–H groups in total. The van der Waals surface area contributed by atoms with E-state index in [1.807, 2.05) is 6.20 Å². The molecule has 5 heteroatoms. The molecule has 2 rings (SSSR count). The molecular weight excluding hydrogens is 358 g/mol. The smallest absolute Gasteiger partial charge is 0.143 e. The number of halogens is 2. The number of aromatic nitrogens is 1. The first-order valence-electron chi connectivity index (χ1n) is 6.34. The molecule has 0 radical (unpaired) electrons. The van der Waals surface area contributed by atoms with Gasteiger partial charge in [-0.15, -0.1) is 0 Å². The Kier molecular flexibility index (Phi) is 5.04. The second-order valence-corrected chi connectivity index (χ2v) is 6.91. The molecule has 0 aliphatic carbocycles. The highest BCUT2D eigenvalue weighted by atomic mass is 79.9. The molecule has 2 heterocycles. The van der Waals surface area contributed by atoms with Gasteiger partial charge in [-0.3, -0.25) is 4.90 Å². The molecule has 0 saturated carbocycles. The average molecular weight is 377 g/mol. The van der Waals surface area contributed by atoms with Crippen LogP contribution in [-0.4, -0.2) is 42.6 Å². The predicted octanol–water partition coefficient (Wildman–Crippen LogP) is 3.38. The number of hydrogen-bond acceptors (Lipinski definition) is 3. The number of rotatable bonds is 3. The van der Waals surface area contributed by atoms with E-state index >= 15 is 0 Å². The van der Waals surface area contributed by atoms with Gasteiger partial charge in [0.2, 0.25) is 0 Å². The van der Waals surface area contributed by atoms with Crippen molar-refractivity contribution in [1.82, 2.24) is 9.88 Å². The molecule has 1 saturated heterocycles. The number of hydrogen-bond donors (Lipinski definition) is 0. The zero-order valence-corrected chi connectivity index (χ0v) is 14.0. The summed E-state index contributed by atoms with van der Waals surface area (Å²) in [5.74, 6) is 1.80. The van der Waals surface area contributed by atoms with Gasteiger partial charge < -0.3 is 4.90 Å². The van der Waals surface area contributed by atoms with Gasteiger partial charge >= 0.3 is 0 Å². The van der Waals surface area contributed by atoms with Gasteiger partial charge in [0.25, 0.3) is 0 Å². The fraction of sp³-hybridized carbons (Fsp3) is 0.615. The largest absolute Gasteiger partial charge is 0.353 e. The van der Waals surface area contributed by atoms with E-state index in [1.54, 1.807) is 0 Å². The summed E-state index contributed by atoms with van der Waals surface area (Å²) in [7, 11) is 0. The maximum Gasteiger partial charge on any atom is 0.143 e. The Morgan fingerprint density at radius 3 is 2.44 bits per heavy atom. The second kappa shape index (κ2) is 6.35. The third-order valence-corrected chi connectivity index (χ3v) is 4.10. The fourth-order valence-corrected chi connectivity index (χ4v) is 3.54. The molecule has 0 aromatic carbocycles. The lowest BCUT2D eigenvalue weighted by Crippen LogP contribution is -2.47. The minimum absolute atomic E-state index is 0.745. The lowest BCUT2D eigenvalue weighted by Gasteiger charge is -2.36. The van der Waals surface area contributed by atoms with E-state index in [2.05, 4.69) is 66.6 Å². The van der Waals surface area contributed by atoms with Crippen molar-refractivity contribution in [1.29, 1.82) is 0 Å². The van der Waals surface area contributed by atoms with E-state index < -0.39 is 0 Å². The quantitative estimate of drug-likeness (QED) is 0.805. The van der Waals surface area contributed by atoms with Gasteiger partial charge in [0.1, 0.15) is 5.82 Å². The predicted molar refractivity (Wildman–Crippen MR) is 83.1 cm³/mol. The molecule has 3 nitrogen and oxygen atoms in total. The standard InChI is InChI=1S/C13H19Br2N3/c1-10(2)9-17-3-5-18(6-4-17)13-12(15)7-11(14)8-16-13/h7-8,10H,3-6,9H2,1-2H3. The lowest BCUT2D eigenvalue weighted by atomic mass is 10.2. The molecule has 100 valence electrons. The monoisotopic (exact) mass is 375 g/mol. The maximum absolute atomic E-state index is 4.50. The van der Waals surface area contributed by atoms with Gasteiger partial charge in [0.15, 0.2) is 0 Å². The van der Waals surface area contributed by atoms with Crippen molar-refractivity contribution in [3.8, 4) is 0 Å². The van der Waals surface area contributed by atoms with Crippen LogP contribution in [0.2, 0.25) is 0 Å². The fourth-order valence-electron chi connectivity index (χ4n) is 2.30. The van der Waals surface area contributed by atoms with E-state index in [-0.39, 0.29) is 0 Å². The van der Waals surface area contributed by atoms with Crippen LogP contribution in [0.25, 0.3) is 0 Å². The molecule has 1 fully saturated rings. The number of nitrogens with zero attached hydrogens (tertiary/aromatic N) is 3. The van der Waals surface area contributed by atoms with E-state index in [0.29, 0.717) is 0 Å². The number of piperazine rings is 1. The molecule has 0 bridgehead atoms. The van der Waals surface area contributed by atoms with Gasteiger partial charge in [-0.2, -0.15) is 0 Å². The Hall–Kier alpha value is -0.130. The second-order valence-electron chi connectivity index (χ2n) is 5.14. The molecule has 0 spiro atoms. The summed E-state index contributed by atoms with van der Waals surface area (Å²) in [6.07, 6.45) is 1.86. The normalized spacial score (nSPS) is 17.5. The average Bonchev–Trinajstić information content (AvgIpc) is 2.30. The zero-order valence-electron chi connectivity index (χ0n) is 10.9. The Morgan fingerprint density at radius 1 is 1.22 bits per heavy atom. The SMILES string of the molecule is CC(C)CN1CCN(c2ncc(Br)cc2Br)CC1. The Balaban J connectivity index is 1.97. The molecule has 18 heavy (non-hydrogen) atoms. The van der Waals surface area contributed by atoms with Gasteiger partial charge in [-0.1, -0.05) is 13.8 Å².